The van der Waals surface area contributed by atoms with E-state index in [0.29, 0.717) is 0 Å². The summed E-state index contributed by atoms with van der Waals surface area (Å²) in [6.45, 7) is 0. The van der Waals surface area contributed by atoms with Gasteiger partial charge in [0.15, 0.2) is 0 Å². The molecule has 0 fully saturated rings. The molecule has 0 aliphatic carbocycles. The lowest BCUT2D eigenvalue weighted by Gasteiger charge is -2.11. The van der Waals surface area contributed by atoms with Crippen molar-refractivity contribution >= 4 is 22.1 Å². The average molecular weight is 371 g/mol. The van der Waals surface area contributed by atoms with Crippen molar-refractivity contribution in [2.75, 3.05) is 5.32 Å². The second-order valence-corrected chi connectivity index (χ2v) is 7.21. The third kappa shape index (κ3) is 3.76. The number of anilines is 2. The van der Waals surface area contributed by atoms with Crippen LogP contribution in [0.2, 0.25) is 0 Å². The zero-order valence-corrected chi connectivity index (χ0v) is 16.0. The van der Waals surface area contributed by atoms with Crippen LogP contribution in [0.3, 0.4) is 0 Å². The fourth-order valence-corrected chi connectivity index (χ4v) is 3.72. The maximum atomic E-state index is 3.56. The Kier molecular flexibility index (Phi) is 4.56. The van der Waals surface area contributed by atoms with Crippen LogP contribution >= 0.6 is 0 Å². The lowest BCUT2D eigenvalue weighted by molar-refractivity contribution is 1.53. The maximum Gasteiger partial charge on any atom is 0.0390 e. The summed E-state index contributed by atoms with van der Waals surface area (Å²) in [6, 6.07) is 42.7. The van der Waals surface area contributed by atoms with E-state index in [-0.39, 0.29) is 0 Å². The second kappa shape index (κ2) is 7.65. The number of fused-ring (bicyclic) bond motifs is 1. The summed E-state index contributed by atoms with van der Waals surface area (Å²) < 4.78 is 0. The van der Waals surface area contributed by atoms with Crippen LogP contribution in [0.4, 0.5) is 11.4 Å². The number of hydrogen-bond donors (Lipinski definition) is 1. The summed E-state index contributed by atoms with van der Waals surface area (Å²) in [5.74, 6) is 0. The summed E-state index contributed by atoms with van der Waals surface area (Å²) in [5, 5.41) is 6.09. The van der Waals surface area contributed by atoms with Gasteiger partial charge in [-0.1, -0.05) is 91.0 Å². The molecule has 0 saturated heterocycles. The smallest absolute Gasteiger partial charge is 0.0390 e. The Labute approximate surface area is 171 Å². The van der Waals surface area contributed by atoms with Crippen LogP contribution in [0.25, 0.3) is 33.0 Å². The molecule has 0 aliphatic rings. The fraction of sp³-hybridized carbons (Fsp3) is 0. The molecule has 5 aromatic carbocycles. The molecule has 1 N–H and O–H groups in total. The Morgan fingerprint density at radius 1 is 0.345 bits per heavy atom. The van der Waals surface area contributed by atoms with E-state index < -0.39 is 0 Å². The molecule has 0 unspecified atom stereocenters. The van der Waals surface area contributed by atoms with Crippen LogP contribution in [0.5, 0.6) is 0 Å². The van der Waals surface area contributed by atoms with Crippen molar-refractivity contribution in [3.8, 4) is 22.3 Å². The molecular weight excluding hydrogens is 350 g/mol. The van der Waals surface area contributed by atoms with Gasteiger partial charge in [0.05, 0.1) is 0 Å². The summed E-state index contributed by atoms with van der Waals surface area (Å²) in [7, 11) is 0. The van der Waals surface area contributed by atoms with Gasteiger partial charge in [0.2, 0.25) is 0 Å². The lowest BCUT2D eigenvalue weighted by atomic mass is 10.0. The first-order valence-corrected chi connectivity index (χ1v) is 9.87. The zero-order chi connectivity index (χ0) is 19.5. The van der Waals surface area contributed by atoms with Crippen molar-refractivity contribution in [2.45, 2.75) is 0 Å². The molecule has 0 aromatic heterocycles. The predicted octanol–water partition coefficient (Wildman–Crippen LogP) is 7.92. The van der Waals surface area contributed by atoms with Gasteiger partial charge in [-0.2, -0.15) is 0 Å². The second-order valence-electron chi connectivity index (χ2n) is 7.21. The van der Waals surface area contributed by atoms with Gasteiger partial charge in [-0.3, -0.25) is 0 Å². The van der Waals surface area contributed by atoms with Gasteiger partial charge in [-0.15, -0.1) is 0 Å². The molecule has 0 amide bonds. The topological polar surface area (TPSA) is 12.0 Å². The minimum atomic E-state index is 1.08. The molecule has 29 heavy (non-hydrogen) atoms. The highest BCUT2D eigenvalue weighted by molar-refractivity contribution is 5.87. The Morgan fingerprint density at radius 3 is 1.62 bits per heavy atom. The van der Waals surface area contributed by atoms with Gasteiger partial charge in [0.25, 0.3) is 0 Å². The van der Waals surface area contributed by atoms with Crippen LogP contribution in [-0.2, 0) is 0 Å². The van der Waals surface area contributed by atoms with E-state index in [1.54, 1.807) is 0 Å². The Morgan fingerprint density at radius 2 is 0.897 bits per heavy atom. The summed E-state index contributed by atoms with van der Waals surface area (Å²) in [4.78, 5) is 0. The molecule has 0 atom stereocenters. The minimum absolute atomic E-state index is 1.08. The summed E-state index contributed by atoms with van der Waals surface area (Å²) in [6.07, 6.45) is 0. The molecule has 0 saturated carbocycles. The van der Waals surface area contributed by atoms with Crippen LogP contribution < -0.4 is 5.32 Å². The van der Waals surface area contributed by atoms with E-state index in [1.165, 1.54) is 33.0 Å². The molecule has 5 rings (SSSR count). The van der Waals surface area contributed by atoms with E-state index in [0.717, 1.165) is 11.4 Å². The average Bonchev–Trinajstić information content (AvgIpc) is 2.80. The Balaban J connectivity index is 1.44. The largest absolute Gasteiger partial charge is 0.355 e. The van der Waals surface area contributed by atoms with E-state index in [2.05, 4.69) is 121 Å². The minimum Gasteiger partial charge on any atom is -0.355 e. The van der Waals surface area contributed by atoms with E-state index >= 15 is 0 Å². The standard InChI is InChI=1S/C28H21N/c1-2-8-21(9-3-1)24-12-6-14-27(19-24)29-28-15-7-13-25(20-28)26-17-16-22-10-4-5-11-23(22)18-26/h1-20,29H. The van der Waals surface area contributed by atoms with Gasteiger partial charge >= 0.3 is 0 Å². The van der Waals surface area contributed by atoms with E-state index in [9.17, 15) is 0 Å². The Hall–Kier alpha value is -3.84. The number of hydrogen-bond acceptors (Lipinski definition) is 1. The fourth-order valence-electron chi connectivity index (χ4n) is 3.72. The molecule has 0 bridgehead atoms. The zero-order valence-electron chi connectivity index (χ0n) is 16.0. The van der Waals surface area contributed by atoms with Gasteiger partial charge in [-0.05, 0) is 63.4 Å². The van der Waals surface area contributed by atoms with Crippen molar-refractivity contribution in [1.29, 1.82) is 0 Å². The molecule has 5 aromatic rings. The molecule has 0 radical (unpaired) electrons. The van der Waals surface area contributed by atoms with Crippen LogP contribution in [0.15, 0.2) is 121 Å². The van der Waals surface area contributed by atoms with Crippen molar-refractivity contribution in [2.24, 2.45) is 0 Å². The summed E-state index contributed by atoms with van der Waals surface area (Å²) >= 11 is 0. The predicted molar refractivity (Wildman–Crippen MR) is 125 cm³/mol. The normalized spacial score (nSPS) is 10.8. The molecule has 0 spiro atoms. The van der Waals surface area contributed by atoms with Gasteiger partial charge < -0.3 is 5.32 Å². The van der Waals surface area contributed by atoms with Crippen molar-refractivity contribution in [3.05, 3.63) is 121 Å². The third-order valence-corrected chi connectivity index (χ3v) is 5.20. The van der Waals surface area contributed by atoms with Crippen molar-refractivity contribution in [1.82, 2.24) is 0 Å². The van der Waals surface area contributed by atoms with Crippen molar-refractivity contribution in [3.63, 3.8) is 0 Å². The molecule has 0 heterocycles. The van der Waals surface area contributed by atoms with Crippen LogP contribution in [0.1, 0.15) is 0 Å². The monoisotopic (exact) mass is 371 g/mol. The molecular formula is C28H21N. The SMILES string of the molecule is c1ccc(-c2cccc(Nc3cccc(-c4ccc5ccccc5c4)c3)c2)cc1. The molecule has 1 nitrogen and oxygen atoms in total. The first-order valence-electron chi connectivity index (χ1n) is 9.87. The summed E-state index contributed by atoms with van der Waals surface area (Å²) in [5.41, 5.74) is 7.04. The molecule has 0 aliphatic heterocycles. The van der Waals surface area contributed by atoms with Gasteiger partial charge in [0.1, 0.15) is 0 Å². The quantitative estimate of drug-likeness (QED) is 0.338. The van der Waals surface area contributed by atoms with Crippen LogP contribution in [0, 0.1) is 0 Å². The highest BCUT2D eigenvalue weighted by Gasteiger charge is 2.03. The third-order valence-electron chi connectivity index (χ3n) is 5.20. The number of rotatable bonds is 4. The maximum absolute atomic E-state index is 3.56. The highest BCUT2D eigenvalue weighted by Crippen LogP contribution is 2.29. The van der Waals surface area contributed by atoms with E-state index in [1.807, 2.05) is 6.07 Å². The molecule has 1 heteroatoms. The van der Waals surface area contributed by atoms with Crippen LogP contribution in [-0.4, -0.2) is 0 Å². The number of benzene rings is 5. The van der Waals surface area contributed by atoms with E-state index in [4.69, 9.17) is 0 Å². The Bertz CT molecular complexity index is 1270. The molecule has 138 valence electrons. The van der Waals surface area contributed by atoms with Gasteiger partial charge in [-0.25, -0.2) is 0 Å². The lowest BCUT2D eigenvalue weighted by Crippen LogP contribution is -1.91. The highest BCUT2D eigenvalue weighted by atomic mass is 14.9. The number of nitrogens with one attached hydrogen (secondary N) is 1. The first-order chi connectivity index (χ1) is 14.3. The first kappa shape index (κ1) is 17.3. The van der Waals surface area contributed by atoms with Gasteiger partial charge in [0, 0.05) is 11.4 Å². The van der Waals surface area contributed by atoms with Crippen molar-refractivity contribution < 1.29 is 0 Å².